The summed E-state index contributed by atoms with van der Waals surface area (Å²) in [5.41, 5.74) is 5.16. The van der Waals surface area contributed by atoms with Crippen LogP contribution in [0.4, 0.5) is 8.78 Å². The van der Waals surface area contributed by atoms with Crippen molar-refractivity contribution >= 4 is 0 Å². The van der Waals surface area contributed by atoms with E-state index in [2.05, 4.69) is 5.32 Å². The van der Waals surface area contributed by atoms with Gasteiger partial charge in [-0.05, 0) is 0 Å². The number of nitrogens with one attached hydrogen (secondary N) is 1. The van der Waals surface area contributed by atoms with Crippen molar-refractivity contribution in [3.05, 3.63) is 0 Å². The van der Waals surface area contributed by atoms with Gasteiger partial charge in [0.2, 0.25) is 0 Å². The summed E-state index contributed by atoms with van der Waals surface area (Å²) >= 11 is 0. The van der Waals surface area contributed by atoms with Crippen molar-refractivity contribution < 1.29 is 8.78 Å². The van der Waals surface area contributed by atoms with Crippen molar-refractivity contribution in [1.29, 1.82) is 0 Å². The Hall–Kier alpha value is -0.220. The molecule has 0 amide bonds. The van der Waals surface area contributed by atoms with E-state index in [0.717, 1.165) is 0 Å². The molecule has 0 radical (unpaired) electrons. The third kappa shape index (κ3) is 1.59. The molecule has 0 aromatic rings. The molecule has 1 rings (SSSR count). The Labute approximate surface area is 52.4 Å². The first-order valence-electron chi connectivity index (χ1n) is 2.95. The Bertz CT molecular complexity index is 105. The molecule has 2 nitrogen and oxygen atoms in total. The average molecular weight is 136 g/mol. The molecule has 1 aliphatic rings. The van der Waals surface area contributed by atoms with Crippen LogP contribution in [-0.4, -0.2) is 25.1 Å². The first-order chi connectivity index (χ1) is 4.14. The summed E-state index contributed by atoms with van der Waals surface area (Å²) in [4.78, 5) is 0. The van der Waals surface area contributed by atoms with E-state index in [1.165, 1.54) is 0 Å². The lowest BCUT2D eigenvalue weighted by Gasteiger charge is -2.05. The zero-order valence-corrected chi connectivity index (χ0v) is 5.03. The first kappa shape index (κ1) is 6.89. The van der Waals surface area contributed by atoms with Gasteiger partial charge in [-0.15, -0.1) is 0 Å². The minimum atomic E-state index is -2.52. The molecule has 0 aromatic carbocycles. The molecule has 1 fully saturated rings. The number of alkyl halides is 2. The highest BCUT2D eigenvalue weighted by Crippen LogP contribution is 2.24. The molecule has 1 aliphatic heterocycles. The zero-order valence-electron chi connectivity index (χ0n) is 5.03. The molecule has 3 N–H and O–H groups in total. The molecule has 0 aliphatic carbocycles. The van der Waals surface area contributed by atoms with Crippen LogP contribution in [0.3, 0.4) is 0 Å². The maximum atomic E-state index is 12.3. The molecule has 1 unspecified atom stereocenters. The van der Waals surface area contributed by atoms with Gasteiger partial charge in [0.25, 0.3) is 5.92 Å². The van der Waals surface area contributed by atoms with Crippen LogP contribution in [-0.2, 0) is 0 Å². The highest BCUT2D eigenvalue weighted by molar-refractivity contribution is 4.87. The highest BCUT2D eigenvalue weighted by atomic mass is 19.3. The molecule has 0 spiro atoms. The number of nitrogens with two attached hydrogens (primary N) is 1. The van der Waals surface area contributed by atoms with Gasteiger partial charge in [0, 0.05) is 19.0 Å². The summed E-state index contributed by atoms with van der Waals surface area (Å²) < 4.78 is 24.5. The van der Waals surface area contributed by atoms with Gasteiger partial charge in [0.15, 0.2) is 0 Å². The second kappa shape index (κ2) is 2.19. The molecule has 0 saturated carbocycles. The SMILES string of the molecule is NCC1CC(F)(F)CN1. The van der Waals surface area contributed by atoms with E-state index >= 15 is 0 Å². The van der Waals surface area contributed by atoms with Gasteiger partial charge >= 0.3 is 0 Å². The highest BCUT2D eigenvalue weighted by Gasteiger charge is 2.38. The van der Waals surface area contributed by atoms with Gasteiger partial charge in [-0.2, -0.15) is 0 Å². The zero-order chi connectivity index (χ0) is 6.91. The van der Waals surface area contributed by atoms with E-state index in [1.807, 2.05) is 0 Å². The minimum absolute atomic E-state index is 0.108. The average Bonchev–Trinajstić information content (AvgIpc) is 2.10. The lowest BCUT2D eigenvalue weighted by atomic mass is 10.2. The van der Waals surface area contributed by atoms with Crippen LogP contribution in [0.15, 0.2) is 0 Å². The van der Waals surface area contributed by atoms with Crippen molar-refractivity contribution in [3.8, 4) is 0 Å². The molecule has 9 heavy (non-hydrogen) atoms. The number of halogens is 2. The Morgan fingerprint density at radius 3 is 2.56 bits per heavy atom. The fourth-order valence-electron chi connectivity index (χ4n) is 0.965. The third-order valence-corrected chi connectivity index (χ3v) is 1.48. The molecular formula is C5H10F2N2. The van der Waals surface area contributed by atoms with Crippen molar-refractivity contribution in [3.63, 3.8) is 0 Å². The van der Waals surface area contributed by atoms with E-state index in [0.29, 0.717) is 6.54 Å². The third-order valence-electron chi connectivity index (χ3n) is 1.48. The summed E-state index contributed by atoms with van der Waals surface area (Å²) in [5.74, 6) is -2.52. The van der Waals surface area contributed by atoms with Crippen LogP contribution in [0.1, 0.15) is 6.42 Å². The molecule has 4 heteroatoms. The predicted molar refractivity (Wildman–Crippen MR) is 30.4 cm³/mol. The Kier molecular flexibility index (Phi) is 1.68. The van der Waals surface area contributed by atoms with Gasteiger partial charge < -0.3 is 11.1 Å². The standard InChI is InChI=1S/C5H10F2N2/c6-5(7)1-4(2-8)9-3-5/h4,9H,1-3,8H2. The smallest absolute Gasteiger partial charge is 0.261 e. The van der Waals surface area contributed by atoms with E-state index in [-0.39, 0.29) is 19.0 Å². The van der Waals surface area contributed by atoms with Gasteiger partial charge in [-0.3, -0.25) is 0 Å². The molecular weight excluding hydrogens is 126 g/mol. The second-order valence-electron chi connectivity index (χ2n) is 2.37. The van der Waals surface area contributed by atoms with Crippen LogP contribution in [0, 0.1) is 0 Å². The summed E-state index contributed by atoms with van der Waals surface area (Å²) in [6.45, 7) is 0.0878. The summed E-state index contributed by atoms with van der Waals surface area (Å²) in [6, 6.07) is -0.181. The van der Waals surface area contributed by atoms with Crippen LogP contribution in [0.5, 0.6) is 0 Å². The van der Waals surface area contributed by atoms with Gasteiger partial charge in [0.1, 0.15) is 0 Å². The summed E-state index contributed by atoms with van der Waals surface area (Å²) in [6.07, 6.45) is -0.108. The molecule has 0 bridgehead atoms. The van der Waals surface area contributed by atoms with Crippen LogP contribution in [0.2, 0.25) is 0 Å². The van der Waals surface area contributed by atoms with Crippen LogP contribution in [0.25, 0.3) is 0 Å². The van der Waals surface area contributed by atoms with Gasteiger partial charge in [-0.1, -0.05) is 0 Å². The normalized spacial score (nSPS) is 33.0. The second-order valence-corrected chi connectivity index (χ2v) is 2.37. The van der Waals surface area contributed by atoms with Gasteiger partial charge in [-0.25, -0.2) is 8.78 Å². The topological polar surface area (TPSA) is 38.0 Å². The molecule has 1 saturated heterocycles. The Morgan fingerprint density at radius 1 is 1.67 bits per heavy atom. The first-order valence-corrected chi connectivity index (χ1v) is 2.95. The van der Waals surface area contributed by atoms with Crippen LogP contribution < -0.4 is 11.1 Å². The monoisotopic (exact) mass is 136 g/mol. The summed E-state index contributed by atoms with van der Waals surface area (Å²) in [7, 11) is 0. The molecule has 54 valence electrons. The minimum Gasteiger partial charge on any atom is -0.329 e. The maximum Gasteiger partial charge on any atom is 0.261 e. The molecule has 1 heterocycles. The fourth-order valence-corrected chi connectivity index (χ4v) is 0.965. The number of hydrogen-bond acceptors (Lipinski definition) is 2. The summed E-state index contributed by atoms with van der Waals surface area (Å²) in [5, 5.41) is 2.62. The van der Waals surface area contributed by atoms with E-state index in [9.17, 15) is 8.78 Å². The number of rotatable bonds is 1. The quantitative estimate of drug-likeness (QED) is 0.530. The van der Waals surface area contributed by atoms with Crippen molar-refractivity contribution in [2.75, 3.05) is 13.1 Å². The Morgan fingerprint density at radius 2 is 2.33 bits per heavy atom. The fraction of sp³-hybridized carbons (Fsp3) is 1.00. The largest absolute Gasteiger partial charge is 0.329 e. The van der Waals surface area contributed by atoms with Crippen molar-refractivity contribution in [2.24, 2.45) is 5.73 Å². The van der Waals surface area contributed by atoms with E-state index in [4.69, 9.17) is 5.73 Å². The lowest BCUT2D eigenvalue weighted by molar-refractivity contribution is 0.0213. The number of hydrogen-bond donors (Lipinski definition) is 2. The van der Waals surface area contributed by atoms with Gasteiger partial charge in [0.05, 0.1) is 6.54 Å². The van der Waals surface area contributed by atoms with Crippen LogP contribution >= 0.6 is 0 Å². The van der Waals surface area contributed by atoms with Crippen molar-refractivity contribution in [1.82, 2.24) is 5.32 Å². The maximum absolute atomic E-state index is 12.3. The van der Waals surface area contributed by atoms with E-state index in [1.54, 1.807) is 0 Å². The van der Waals surface area contributed by atoms with E-state index < -0.39 is 5.92 Å². The molecule has 1 atom stereocenters. The lowest BCUT2D eigenvalue weighted by Crippen LogP contribution is -2.29. The van der Waals surface area contributed by atoms with Crippen molar-refractivity contribution in [2.45, 2.75) is 18.4 Å². The Balaban J connectivity index is 2.38. The molecule has 0 aromatic heterocycles. The predicted octanol–water partition coefficient (Wildman–Crippen LogP) is -0.0577.